The van der Waals surface area contributed by atoms with Gasteiger partial charge in [-0.15, -0.1) is 0 Å². The summed E-state index contributed by atoms with van der Waals surface area (Å²) < 4.78 is 41.9. The first-order valence-electron chi connectivity index (χ1n) is 11.6. The molecule has 36 heavy (non-hydrogen) atoms. The van der Waals surface area contributed by atoms with E-state index >= 15 is 0 Å². The number of nitrogens with zero attached hydrogens (tertiary/aromatic N) is 3. The average Bonchev–Trinajstić information content (AvgIpc) is 2.87. The second-order valence-corrected chi connectivity index (χ2v) is 10.3. The maximum atomic E-state index is 13.5. The van der Waals surface area contributed by atoms with Crippen LogP contribution in [0.15, 0.2) is 87.6 Å². The SMILES string of the molecule is CCCCCc1nc(=O)c(S(=O)(=O)c2ccc(-c3cncc(F)c3)cc2)c(O)n1Cc1ccccc1. The molecule has 1 N–H and O–H groups in total. The van der Waals surface area contributed by atoms with E-state index in [1.165, 1.54) is 41.1 Å². The molecule has 7 nitrogen and oxygen atoms in total. The van der Waals surface area contributed by atoms with Crippen molar-refractivity contribution in [3.63, 3.8) is 0 Å². The predicted molar refractivity (Wildman–Crippen MR) is 134 cm³/mol. The van der Waals surface area contributed by atoms with Crippen LogP contribution < -0.4 is 5.56 Å². The normalized spacial score (nSPS) is 11.5. The molecule has 9 heteroatoms. The number of aromatic nitrogens is 3. The van der Waals surface area contributed by atoms with Crippen molar-refractivity contribution in [2.24, 2.45) is 0 Å². The monoisotopic (exact) mass is 507 g/mol. The molecular formula is C27H26FN3O4S. The molecule has 0 aliphatic rings. The summed E-state index contributed by atoms with van der Waals surface area (Å²) in [6.07, 6.45) is 5.59. The van der Waals surface area contributed by atoms with Gasteiger partial charge in [-0.05, 0) is 35.7 Å². The minimum Gasteiger partial charge on any atom is -0.493 e. The first-order chi connectivity index (χ1) is 17.3. The van der Waals surface area contributed by atoms with Gasteiger partial charge in [-0.3, -0.25) is 14.3 Å². The van der Waals surface area contributed by atoms with E-state index in [0.717, 1.165) is 31.0 Å². The van der Waals surface area contributed by atoms with Gasteiger partial charge in [0.05, 0.1) is 17.6 Å². The molecule has 0 saturated carbocycles. The number of aromatic hydroxyl groups is 1. The van der Waals surface area contributed by atoms with Gasteiger partial charge in [-0.1, -0.05) is 62.2 Å². The number of benzene rings is 2. The molecule has 0 radical (unpaired) electrons. The van der Waals surface area contributed by atoms with Crippen LogP contribution in [0.3, 0.4) is 0 Å². The lowest BCUT2D eigenvalue weighted by atomic mass is 10.1. The van der Waals surface area contributed by atoms with Gasteiger partial charge < -0.3 is 5.11 Å². The average molecular weight is 508 g/mol. The van der Waals surface area contributed by atoms with Gasteiger partial charge in [0.1, 0.15) is 11.6 Å². The maximum absolute atomic E-state index is 13.5. The Morgan fingerprint density at radius 3 is 2.36 bits per heavy atom. The fraction of sp³-hybridized carbons (Fsp3) is 0.222. The summed E-state index contributed by atoms with van der Waals surface area (Å²) in [5.74, 6) is -0.815. The fourth-order valence-electron chi connectivity index (χ4n) is 3.97. The van der Waals surface area contributed by atoms with E-state index in [-0.39, 0.29) is 11.4 Å². The predicted octanol–water partition coefficient (Wildman–Crippen LogP) is 4.76. The van der Waals surface area contributed by atoms with Gasteiger partial charge in [0, 0.05) is 18.2 Å². The maximum Gasteiger partial charge on any atom is 0.296 e. The number of halogens is 1. The van der Waals surface area contributed by atoms with Crippen molar-refractivity contribution >= 4 is 9.84 Å². The highest BCUT2D eigenvalue weighted by Crippen LogP contribution is 2.29. The van der Waals surface area contributed by atoms with Crippen LogP contribution in [-0.4, -0.2) is 28.1 Å². The van der Waals surface area contributed by atoms with Crippen LogP contribution in [-0.2, 0) is 22.8 Å². The van der Waals surface area contributed by atoms with E-state index in [9.17, 15) is 22.7 Å². The first-order valence-corrected chi connectivity index (χ1v) is 13.1. The van der Waals surface area contributed by atoms with Crippen molar-refractivity contribution in [2.75, 3.05) is 0 Å². The Labute approximate surface area is 208 Å². The Morgan fingerprint density at radius 1 is 0.972 bits per heavy atom. The van der Waals surface area contributed by atoms with Crippen LogP contribution in [0.1, 0.15) is 37.6 Å². The van der Waals surface area contributed by atoms with E-state index < -0.39 is 32.0 Å². The molecule has 0 saturated heterocycles. The van der Waals surface area contributed by atoms with Crippen LogP contribution >= 0.6 is 0 Å². The molecule has 0 unspecified atom stereocenters. The molecule has 2 heterocycles. The summed E-state index contributed by atoms with van der Waals surface area (Å²) in [4.78, 5) is 19.9. The summed E-state index contributed by atoms with van der Waals surface area (Å²) in [6.45, 7) is 2.21. The van der Waals surface area contributed by atoms with Crippen molar-refractivity contribution in [2.45, 2.75) is 48.9 Å². The summed E-state index contributed by atoms with van der Waals surface area (Å²) in [7, 11) is -4.40. The van der Waals surface area contributed by atoms with Gasteiger partial charge in [-0.2, -0.15) is 4.98 Å². The van der Waals surface area contributed by atoms with Crippen molar-refractivity contribution in [1.29, 1.82) is 0 Å². The molecule has 2 aromatic carbocycles. The molecule has 0 aliphatic carbocycles. The third-order valence-corrected chi connectivity index (χ3v) is 7.64. The molecule has 2 aromatic heterocycles. The molecule has 0 amide bonds. The van der Waals surface area contributed by atoms with Crippen LogP contribution in [0.4, 0.5) is 4.39 Å². The Bertz CT molecular complexity index is 1520. The van der Waals surface area contributed by atoms with Crippen LogP contribution in [0.25, 0.3) is 11.1 Å². The minimum atomic E-state index is -4.40. The lowest BCUT2D eigenvalue weighted by Crippen LogP contribution is -2.25. The summed E-state index contributed by atoms with van der Waals surface area (Å²) in [5, 5.41) is 11.1. The lowest BCUT2D eigenvalue weighted by Gasteiger charge is -2.17. The third kappa shape index (κ3) is 5.36. The summed E-state index contributed by atoms with van der Waals surface area (Å²) in [5.41, 5.74) is 0.856. The van der Waals surface area contributed by atoms with Gasteiger partial charge in [0.25, 0.3) is 5.56 Å². The number of hydrogen-bond donors (Lipinski definition) is 1. The highest BCUT2D eigenvalue weighted by Gasteiger charge is 2.29. The molecule has 4 rings (SSSR count). The minimum absolute atomic E-state index is 0.162. The molecule has 0 spiro atoms. The molecule has 0 bridgehead atoms. The van der Waals surface area contributed by atoms with Crippen LogP contribution in [0.5, 0.6) is 5.88 Å². The van der Waals surface area contributed by atoms with E-state index in [2.05, 4.69) is 9.97 Å². The van der Waals surface area contributed by atoms with Gasteiger partial charge >= 0.3 is 0 Å². The number of hydrogen-bond acceptors (Lipinski definition) is 6. The third-order valence-electron chi connectivity index (χ3n) is 5.85. The Morgan fingerprint density at radius 2 is 1.69 bits per heavy atom. The zero-order chi connectivity index (χ0) is 25.7. The standard InChI is InChI=1S/C27H26FN3O4S/c1-2-3-5-10-24-30-26(32)25(27(33)31(24)18-19-8-6-4-7-9-19)36(34,35)23-13-11-20(12-14-23)21-15-22(28)17-29-16-21/h4,6-9,11-17,33H,2-3,5,10,18H2,1H3. The second kappa shape index (κ2) is 10.8. The lowest BCUT2D eigenvalue weighted by molar-refractivity contribution is 0.387. The van der Waals surface area contributed by atoms with Crippen molar-refractivity contribution in [3.8, 4) is 17.0 Å². The molecule has 4 aromatic rings. The van der Waals surface area contributed by atoms with Gasteiger partial charge in [0.15, 0.2) is 4.90 Å². The molecule has 0 atom stereocenters. The zero-order valence-corrected chi connectivity index (χ0v) is 20.6. The van der Waals surface area contributed by atoms with Crippen molar-refractivity contribution in [3.05, 3.63) is 101 Å². The van der Waals surface area contributed by atoms with Gasteiger partial charge in [-0.25, -0.2) is 12.8 Å². The highest BCUT2D eigenvalue weighted by molar-refractivity contribution is 7.91. The summed E-state index contributed by atoms with van der Waals surface area (Å²) in [6, 6.07) is 16.1. The highest BCUT2D eigenvalue weighted by atomic mass is 32.2. The number of unbranched alkanes of at least 4 members (excludes halogenated alkanes) is 2. The zero-order valence-electron chi connectivity index (χ0n) is 19.8. The number of aryl methyl sites for hydroxylation is 1. The van der Waals surface area contributed by atoms with Crippen LogP contribution in [0.2, 0.25) is 0 Å². The van der Waals surface area contributed by atoms with E-state index in [0.29, 0.717) is 23.4 Å². The number of pyridine rings is 1. The van der Waals surface area contributed by atoms with E-state index in [1.54, 1.807) is 0 Å². The second-order valence-electron chi connectivity index (χ2n) is 8.43. The largest absolute Gasteiger partial charge is 0.493 e. The Hall–Kier alpha value is -3.85. The Kier molecular flexibility index (Phi) is 7.59. The van der Waals surface area contributed by atoms with Crippen molar-refractivity contribution in [1.82, 2.24) is 14.5 Å². The van der Waals surface area contributed by atoms with Gasteiger partial charge in [0.2, 0.25) is 15.7 Å². The number of rotatable bonds is 9. The molecule has 0 aliphatic heterocycles. The Balaban J connectivity index is 1.77. The summed E-state index contributed by atoms with van der Waals surface area (Å²) >= 11 is 0. The molecule has 186 valence electrons. The molecular weight excluding hydrogens is 481 g/mol. The van der Waals surface area contributed by atoms with E-state index in [4.69, 9.17) is 0 Å². The fourth-order valence-corrected chi connectivity index (χ4v) is 5.33. The smallest absolute Gasteiger partial charge is 0.296 e. The van der Waals surface area contributed by atoms with Crippen molar-refractivity contribution < 1.29 is 17.9 Å². The topological polar surface area (TPSA) is 102 Å². The number of sulfone groups is 1. The molecule has 0 fully saturated rings. The van der Waals surface area contributed by atoms with E-state index in [1.807, 2.05) is 37.3 Å². The quantitative estimate of drug-likeness (QED) is 0.328. The first kappa shape index (κ1) is 25.2. The van der Waals surface area contributed by atoms with Crippen LogP contribution in [0, 0.1) is 5.82 Å².